The van der Waals surface area contributed by atoms with Crippen LogP contribution in [-0.2, 0) is 19.1 Å². The predicted molar refractivity (Wildman–Crippen MR) is 89.2 cm³/mol. The molecule has 0 rings (SSSR count). The van der Waals surface area contributed by atoms with Crippen molar-refractivity contribution in [1.29, 1.82) is 0 Å². The van der Waals surface area contributed by atoms with Crippen LogP contribution in [0.2, 0.25) is 0 Å². The summed E-state index contributed by atoms with van der Waals surface area (Å²) in [4.78, 5) is 23.9. The van der Waals surface area contributed by atoms with E-state index in [-0.39, 0.29) is 11.3 Å². The fourth-order valence-corrected chi connectivity index (χ4v) is 2.53. The third kappa shape index (κ3) is 7.87. The smallest absolute Gasteiger partial charge is 0.434 e. The van der Waals surface area contributed by atoms with E-state index in [1.165, 1.54) is 0 Å². The Kier molecular flexibility index (Phi) is 8.85. The zero-order valence-electron chi connectivity index (χ0n) is 16.9. The minimum absolute atomic E-state index is 0.141. The number of hydrogen-bond acceptors (Lipinski definition) is 4. The number of carbonyl (C=O) groups is 2. The van der Waals surface area contributed by atoms with Crippen LogP contribution in [0.25, 0.3) is 0 Å². The van der Waals surface area contributed by atoms with Crippen molar-refractivity contribution in [3.05, 3.63) is 0 Å². The Morgan fingerprint density at radius 3 is 1.75 bits per heavy atom. The molecule has 0 fully saturated rings. The number of alkyl halides is 6. The first kappa shape index (κ1) is 26.5. The molecule has 0 spiro atoms. The van der Waals surface area contributed by atoms with E-state index in [1.54, 1.807) is 20.8 Å². The molecule has 0 N–H and O–H groups in total. The highest BCUT2D eigenvalue weighted by atomic mass is 19.4. The van der Waals surface area contributed by atoms with E-state index in [0.29, 0.717) is 6.42 Å². The topological polar surface area (TPSA) is 52.6 Å². The molecule has 166 valence electrons. The first-order chi connectivity index (χ1) is 12.4. The van der Waals surface area contributed by atoms with Gasteiger partial charge in [0.05, 0.1) is 11.8 Å². The van der Waals surface area contributed by atoms with Gasteiger partial charge in [0.25, 0.3) is 6.10 Å². The molecule has 0 aliphatic heterocycles. The summed E-state index contributed by atoms with van der Waals surface area (Å²) in [5.74, 6) is -2.56. The Bertz CT molecular complexity index is 525. The van der Waals surface area contributed by atoms with Crippen LogP contribution in [0.5, 0.6) is 0 Å². The van der Waals surface area contributed by atoms with Gasteiger partial charge in [-0.3, -0.25) is 9.59 Å². The van der Waals surface area contributed by atoms with Gasteiger partial charge in [0.1, 0.15) is 6.61 Å². The van der Waals surface area contributed by atoms with Crippen LogP contribution in [0.4, 0.5) is 26.3 Å². The third-order valence-corrected chi connectivity index (χ3v) is 4.93. The minimum atomic E-state index is -5.79. The van der Waals surface area contributed by atoms with Gasteiger partial charge >= 0.3 is 24.3 Å². The third-order valence-electron chi connectivity index (χ3n) is 4.93. The van der Waals surface area contributed by atoms with Crippen molar-refractivity contribution in [3.63, 3.8) is 0 Å². The van der Waals surface area contributed by atoms with E-state index in [2.05, 4.69) is 4.74 Å². The first-order valence-corrected chi connectivity index (χ1v) is 8.87. The van der Waals surface area contributed by atoms with Crippen molar-refractivity contribution in [2.75, 3.05) is 6.61 Å². The van der Waals surface area contributed by atoms with Gasteiger partial charge in [0, 0.05) is 0 Å². The number of esters is 2. The summed E-state index contributed by atoms with van der Waals surface area (Å²) in [6.07, 6.45) is -15.5. The number of halogens is 6. The number of hydrogen-bond donors (Lipinski definition) is 0. The van der Waals surface area contributed by atoms with Gasteiger partial charge in [-0.2, -0.15) is 26.3 Å². The molecule has 28 heavy (non-hydrogen) atoms. The maximum Gasteiger partial charge on any atom is 0.434 e. The second-order valence-electron chi connectivity index (χ2n) is 8.11. The van der Waals surface area contributed by atoms with Crippen LogP contribution in [0, 0.1) is 16.7 Å². The van der Waals surface area contributed by atoms with Crippen LogP contribution in [0.1, 0.15) is 60.8 Å². The number of ether oxygens (including phenoxy) is 2. The highest BCUT2D eigenvalue weighted by Crippen LogP contribution is 2.42. The normalized spacial score (nSPS) is 15.5. The van der Waals surface area contributed by atoms with Gasteiger partial charge in [0.2, 0.25) is 0 Å². The summed E-state index contributed by atoms with van der Waals surface area (Å²) in [6, 6.07) is 0. The Morgan fingerprint density at radius 2 is 1.39 bits per heavy atom. The fraction of sp³-hybridized carbons (Fsp3) is 0.889. The van der Waals surface area contributed by atoms with Gasteiger partial charge in [0.15, 0.2) is 0 Å². The predicted octanol–water partition coefficient (Wildman–Crippen LogP) is 5.44. The molecule has 10 heteroatoms. The Morgan fingerprint density at radius 1 is 0.929 bits per heavy atom. The Balaban J connectivity index is 4.92. The minimum Gasteiger partial charge on any atom is -0.465 e. The first-order valence-electron chi connectivity index (χ1n) is 8.87. The van der Waals surface area contributed by atoms with Gasteiger partial charge in [-0.05, 0) is 24.7 Å². The molecule has 0 saturated heterocycles. The molecule has 0 amide bonds. The lowest BCUT2D eigenvalue weighted by Gasteiger charge is -2.38. The molecular formula is C18H28F6O4. The quantitative estimate of drug-likeness (QED) is 0.367. The van der Waals surface area contributed by atoms with Crippen molar-refractivity contribution >= 4 is 11.9 Å². The monoisotopic (exact) mass is 422 g/mol. The lowest BCUT2D eigenvalue weighted by atomic mass is 9.67. The maximum absolute atomic E-state index is 12.5. The number of carbonyl (C=O) groups excluding carboxylic acids is 2. The summed E-state index contributed by atoms with van der Waals surface area (Å²) in [6.45, 7) is 10.5. The fourth-order valence-electron chi connectivity index (χ4n) is 2.53. The molecule has 0 aromatic rings. The molecule has 0 aromatic heterocycles. The van der Waals surface area contributed by atoms with Crippen LogP contribution >= 0.6 is 0 Å². The lowest BCUT2D eigenvalue weighted by Crippen LogP contribution is -2.45. The van der Waals surface area contributed by atoms with Crippen LogP contribution in [-0.4, -0.2) is 37.0 Å². The van der Waals surface area contributed by atoms with E-state index in [0.717, 1.165) is 6.42 Å². The molecule has 4 nitrogen and oxygen atoms in total. The average Bonchev–Trinajstić information content (AvgIpc) is 2.49. The summed E-state index contributed by atoms with van der Waals surface area (Å²) < 4.78 is 82.8. The summed E-state index contributed by atoms with van der Waals surface area (Å²) >= 11 is 0. The second kappa shape index (κ2) is 9.35. The molecule has 1 unspecified atom stereocenters. The average molecular weight is 422 g/mol. The van der Waals surface area contributed by atoms with Gasteiger partial charge < -0.3 is 9.47 Å². The highest BCUT2D eigenvalue weighted by Gasteiger charge is 2.59. The molecule has 0 aromatic carbocycles. The van der Waals surface area contributed by atoms with Gasteiger partial charge in [-0.15, -0.1) is 0 Å². The molecule has 0 saturated carbocycles. The molecule has 0 aliphatic rings. The van der Waals surface area contributed by atoms with Crippen LogP contribution in [0.3, 0.4) is 0 Å². The Hall–Kier alpha value is -1.48. The van der Waals surface area contributed by atoms with E-state index in [9.17, 15) is 35.9 Å². The lowest BCUT2D eigenvalue weighted by molar-refractivity contribution is -0.313. The molecule has 1 atom stereocenters. The van der Waals surface area contributed by atoms with Crippen molar-refractivity contribution < 1.29 is 45.4 Å². The van der Waals surface area contributed by atoms with Crippen molar-refractivity contribution in [3.8, 4) is 0 Å². The Labute approximate surface area is 160 Å². The van der Waals surface area contributed by atoms with E-state index in [1.807, 2.05) is 20.8 Å². The zero-order chi connectivity index (χ0) is 22.6. The van der Waals surface area contributed by atoms with Crippen LogP contribution < -0.4 is 0 Å². The molecular weight excluding hydrogens is 394 g/mol. The SMILES string of the molecule is CCC(C)(C)CC(C)(C(=O)OCCC(=O)OC(C(F)(F)F)C(F)(F)F)C(C)C. The van der Waals surface area contributed by atoms with Gasteiger partial charge in [-0.25, -0.2) is 0 Å². The summed E-state index contributed by atoms with van der Waals surface area (Å²) in [7, 11) is 0. The largest absolute Gasteiger partial charge is 0.465 e. The zero-order valence-corrected chi connectivity index (χ0v) is 16.9. The standard InChI is InChI=1S/C18H28F6O4/c1-7-15(4,5)10-16(6,11(2)3)14(26)27-9-8-12(25)28-13(17(19,20)21)18(22,23)24/h11,13H,7-10H2,1-6H3. The van der Waals surface area contributed by atoms with Gasteiger partial charge in [-0.1, -0.05) is 41.0 Å². The molecule has 0 bridgehead atoms. The van der Waals surface area contributed by atoms with Crippen molar-refractivity contribution in [2.45, 2.75) is 79.3 Å². The van der Waals surface area contributed by atoms with E-state index < -0.39 is 48.8 Å². The molecule has 0 radical (unpaired) electrons. The van der Waals surface area contributed by atoms with Crippen LogP contribution in [0.15, 0.2) is 0 Å². The number of rotatable bonds is 9. The van der Waals surface area contributed by atoms with E-state index in [4.69, 9.17) is 4.74 Å². The van der Waals surface area contributed by atoms with E-state index >= 15 is 0 Å². The summed E-state index contributed by atoms with van der Waals surface area (Å²) in [5.41, 5.74) is -1.12. The van der Waals surface area contributed by atoms with Crippen molar-refractivity contribution in [1.82, 2.24) is 0 Å². The summed E-state index contributed by atoms with van der Waals surface area (Å²) in [5, 5.41) is 0. The highest BCUT2D eigenvalue weighted by molar-refractivity contribution is 5.77. The van der Waals surface area contributed by atoms with Crippen molar-refractivity contribution in [2.24, 2.45) is 16.7 Å². The molecule has 0 aliphatic carbocycles. The maximum atomic E-state index is 12.5. The molecule has 0 heterocycles. The second-order valence-corrected chi connectivity index (χ2v) is 8.11.